The molecule has 2 heterocycles. The van der Waals surface area contributed by atoms with Crippen molar-refractivity contribution in [3.05, 3.63) is 174 Å². The van der Waals surface area contributed by atoms with Gasteiger partial charge < -0.3 is 9.13 Å². The maximum absolute atomic E-state index is 3.26. The number of aromatic nitrogens is 2. The summed E-state index contributed by atoms with van der Waals surface area (Å²) in [4.78, 5) is 0. The molecule has 6 aromatic carbocycles. The molecule has 2 unspecified atom stereocenters. The summed E-state index contributed by atoms with van der Waals surface area (Å²) < 4.78 is 5.00. The highest BCUT2D eigenvalue weighted by atomic mass is 15.0. The molecule has 0 saturated carbocycles. The highest BCUT2D eigenvalue weighted by molar-refractivity contribution is 5.96. The van der Waals surface area contributed by atoms with Crippen molar-refractivity contribution in [1.82, 2.24) is 9.13 Å². The number of para-hydroxylation sites is 2. The molecule has 2 nitrogen and oxygen atoms in total. The van der Waals surface area contributed by atoms with Gasteiger partial charge in [-0.05, 0) is 143 Å². The van der Waals surface area contributed by atoms with Crippen molar-refractivity contribution >= 4 is 27.9 Å². The second-order valence-corrected chi connectivity index (χ2v) is 14.6. The van der Waals surface area contributed by atoms with E-state index in [4.69, 9.17) is 0 Å². The smallest absolute Gasteiger partial charge is 0.0537 e. The Hall–Kier alpha value is -6.04. The Balaban J connectivity index is 1.30. The zero-order chi connectivity index (χ0) is 36.1. The minimum Gasteiger partial charge on any atom is -0.313 e. The first kappa shape index (κ1) is 32.8. The van der Waals surface area contributed by atoms with Gasteiger partial charge in [0.1, 0.15) is 0 Å². The van der Waals surface area contributed by atoms with E-state index in [2.05, 4.69) is 189 Å². The fraction of sp³-hybridized carbons (Fsp3) is 0.176. The van der Waals surface area contributed by atoms with Crippen LogP contribution in [0, 0.1) is 12.1 Å². The average molecular weight is 685 g/mol. The number of aryl methyl sites for hydroxylation is 1. The Morgan fingerprint density at radius 3 is 1.92 bits per heavy atom. The highest BCUT2D eigenvalue weighted by Gasteiger charge is 2.30. The van der Waals surface area contributed by atoms with Crippen molar-refractivity contribution in [2.24, 2.45) is 0 Å². The van der Waals surface area contributed by atoms with E-state index in [9.17, 15) is 0 Å². The zero-order valence-corrected chi connectivity index (χ0v) is 31.0. The van der Waals surface area contributed by atoms with Gasteiger partial charge in [0.25, 0.3) is 0 Å². The summed E-state index contributed by atoms with van der Waals surface area (Å²) in [5.41, 5.74) is 17.6. The van der Waals surface area contributed by atoms with Crippen molar-refractivity contribution < 1.29 is 0 Å². The number of benzene rings is 5. The lowest BCUT2D eigenvalue weighted by molar-refractivity contribution is 0.515. The first-order chi connectivity index (χ1) is 26.1. The molecule has 53 heavy (non-hydrogen) atoms. The molecule has 8 aromatic rings. The zero-order valence-electron chi connectivity index (χ0n) is 31.0. The van der Waals surface area contributed by atoms with Gasteiger partial charge in [-0.1, -0.05) is 118 Å². The van der Waals surface area contributed by atoms with Gasteiger partial charge in [-0.15, -0.1) is 0 Å². The Morgan fingerprint density at radius 2 is 1.25 bits per heavy atom. The van der Waals surface area contributed by atoms with Crippen LogP contribution >= 0.6 is 0 Å². The first-order valence-corrected chi connectivity index (χ1v) is 19.2. The molecule has 1 aliphatic rings. The van der Waals surface area contributed by atoms with Gasteiger partial charge in [0.2, 0.25) is 0 Å². The standard InChI is InChI=1S/C51H44N2/c1-5-17-47-40(6-2)43-22-13-15-24-48(43)52(47)38-28-30-41(45(32-38)36-18-9-7-10-19-36)42-31-29-39(33-46(42)37-20-11-8-12-21-37)53-49-25-16-14-23-44(49)50-34(3)26-27-35(4)51(50)53/h5,7,9-11,13-25,28-35H,6,26-27H2,1-4H3/b17-5-. The van der Waals surface area contributed by atoms with Gasteiger partial charge in [-0.2, -0.15) is 0 Å². The normalized spacial score (nSPS) is 15.6. The molecule has 0 aliphatic heterocycles. The van der Waals surface area contributed by atoms with Gasteiger partial charge in [0.05, 0.1) is 11.0 Å². The largest absolute Gasteiger partial charge is 0.313 e. The van der Waals surface area contributed by atoms with Gasteiger partial charge >= 0.3 is 0 Å². The van der Waals surface area contributed by atoms with Crippen LogP contribution in [-0.2, 0) is 6.42 Å². The predicted octanol–water partition coefficient (Wildman–Crippen LogP) is 13.8. The van der Waals surface area contributed by atoms with Crippen LogP contribution in [0.5, 0.6) is 0 Å². The summed E-state index contributed by atoms with van der Waals surface area (Å²) in [6.07, 6.45) is 7.83. The molecule has 2 heteroatoms. The number of hydrogen-bond acceptors (Lipinski definition) is 0. The molecular weight excluding hydrogens is 641 g/mol. The van der Waals surface area contributed by atoms with Crippen LogP contribution in [0.4, 0.5) is 0 Å². The van der Waals surface area contributed by atoms with Gasteiger partial charge in [0, 0.05) is 33.5 Å². The molecule has 0 amide bonds. The van der Waals surface area contributed by atoms with E-state index in [1.807, 2.05) is 6.07 Å². The van der Waals surface area contributed by atoms with E-state index in [0.717, 1.165) is 17.7 Å². The number of allylic oxidation sites excluding steroid dienone is 1. The van der Waals surface area contributed by atoms with Crippen LogP contribution in [0.15, 0.2) is 140 Å². The lowest BCUT2D eigenvalue weighted by atomic mass is 9.81. The fourth-order valence-corrected chi connectivity index (χ4v) is 9.08. The summed E-state index contributed by atoms with van der Waals surface area (Å²) >= 11 is 0. The Bertz CT molecular complexity index is 2630. The third-order valence-electron chi connectivity index (χ3n) is 11.5. The summed E-state index contributed by atoms with van der Waals surface area (Å²) in [7, 11) is 0. The van der Waals surface area contributed by atoms with Crippen LogP contribution in [0.2, 0.25) is 0 Å². The number of hydrogen-bond donors (Lipinski definition) is 0. The van der Waals surface area contributed by atoms with Gasteiger partial charge in [-0.3, -0.25) is 0 Å². The highest BCUT2D eigenvalue weighted by Crippen LogP contribution is 2.47. The monoisotopic (exact) mass is 684 g/mol. The molecule has 0 bridgehead atoms. The SMILES string of the molecule is C/C=C\c1c(CC)c2ccccc2n1-c1ccc(-c2ccc(-n3c4c(c5ccccc53)C(C)CCC4C)cc2-c2cc#ccc2)c(-c2ccccc2)c1. The molecular formula is C51H44N2. The van der Waals surface area contributed by atoms with Crippen molar-refractivity contribution in [1.29, 1.82) is 0 Å². The quantitative estimate of drug-likeness (QED) is 0.158. The first-order valence-electron chi connectivity index (χ1n) is 19.2. The molecule has 0 radical (unpaired) electrons. The molecule has 0 N–H and O–H groups in total. The molecule has 0 saturated heterocycles. The maximum atomic E-state index is 3.26. The lowest BCUT2D eigenvalue weighted by Crippen LogP contribution is -2.13. The summed E-state index contributed by atoms with van der Waals surface area (Å²) in [5, 5.41) is 2.70. The van der Waals surface area contributed by atoms with Gasteiger partial charge in [0.15, 0.2) is 0 Å². The van der Waals surface area contributed by atoms with E-state index >= 15 is 0 Å². The molecule has 0 fully saturated rings. The fourth-order valence-electron chi connectivity index (χ4n) is 9.08. The number of rotatable bonds is 7. The van der Waals surface area contributed by atoms with Gasteiger partial charge in [-0.25, -0.2) is 0 Å². The molecule has 1 aliphatic carbocycles. The van der Waals surface area contributed by atoms with Crippen molar-refractivity contribution in [2.75, 3.05) is 0 Å². The minimum atomic E-state index is 0.485. The van der Waals surface area contributed by atoms with Crippen molar-refractivity contribution in [3.63, 3.8) is 0 Å². The summed E-state index contributed by atoms with van der Waals surface area (Å²) in [5.74, 6) is 1.02. The summed E-state index contributed by atoms with van der Waals surface area (Å²) in [6, 6.07) is 55.5. The topological polar surface area (TPSA) is 9.86 Å². The predicted molar refractivity (Wildman–Crippen MR) is 224 cm³/mol. The Kier molecular flexibility index (Phi) is 8.36. The Labute approximate surface area is 313 Å². The third kappa shape index (κ3) is 5.42. The second-order valence-electron chi connectivity index (χ2n) is 14.6. The van der Waals surface area contributed by atoms with Crippen LogP contribution in [0.1, 0.15) is 74.9 Å². The van der Waals surface area contributed by atoms with Crippen LogP contribution < -0.4 is 0 Å². The lowest BCUT2D eigenvalue weighted by Gasteiger charge is -2.27. The average Bonchev–Trinajstić information content (AvgIpc) is 3.73. The van der Waals surface area contributed by atoms with Crippen molar-refractivity contribution in [3.8, 4) is 44.8 Å². The molecule has 9 rings (SSSR count). The van der Waals surface area contributed by atoms with Crippen LogP contribution in [0.3, 0.4) is 0 Å². The second kappa shape index (κ2) is 13.5. The minimum absolute atomic E-state index is 0.485. The van der Waals surface area contributed by atoms with E-state index in [1.54, 1.807) is 0 Å². The number of fused-ring (bicyclic) bond motifs is 4. The van der Waals surface area contributed by atoms with E-state index in [0.29, 0.717) is 11.8 Å². The van der Waals surface area contributed by atoms with E-state index in [1.165, 1.54) is 90.7 Å². The molecule has 2 aromatic heterocycles. The van der Waals surface area contributed by atoms with Crippen molar-refractivity contribution in [2.45, 2.75) is 58.8 Å². The Morgan fingerprint density at radius 1 is 0.623 bits per heavy atom. The van der Waals surface area contributed by atoms with Crippen LogP contribution in [-0.4, -0.2) is 9.13 Å². The maximum Gasteiger partial charge on any atom is 0.0537 e. The molecule has 0 spiro atoms. The number of nitrogens with zero attached hydrogens (tertiary/aromatic N) is 2. The molecule has 2 atom stereocenters. The molecule has 258 valence electrons. The van der Waals surface area contributed by atoms with E-state index in [-0.39, 0.29) is 0 Å². The summed E-state index contributed by atoms with van der Waals surface area (Å²) in [6.45, 7) is 9.18. The third-order valence-corrected chi connectivity index (χ3v) is 11.5. The van der Waals surface area contributed by atoms with Crippen LogP contribution in [0.25, 0.3) is 72.6 Å². The van der Waals surface area contributed by atoms with E-state index < -0.39 is 0 Å².